The zero-order valence-electron chi connectivity index (χ0n) is 16.7. The number of amides is 1. The van der Waals surface area contributed by atoms with E-state index in [1.807, 2.05) is 70.6 Å². The molecule has 1 saturated carbocycles. The Morgan fingerprint density at radius 3 is 2.67 bits per heavy atom. The first-order chi connectivity index (χ1) is 14.7. The highest BCUT2D eigenvalue weighted by molar-refractivity contribution is 7.15. The second-order valence-corrected chi connectivity index (χ2v) is 8.54. The predicted octanol–water partition coefficient (Wildman–Crippen LogP) is 4.88. The van der Waals surface area contributed by atoms with Crippen LogP contribution in [0.2, 0.25) is 0 Å². The number of carbonyl (C=O) groups excluding carboxylic acids is 1. The van der Waals surface area contributed by atoms with E-state index in [1.54, 1.807) is 18.4 Å². The molecule has 2 heterocycles. The van der Waals surface area contributed by atoms with Gasteiger partial charge in [-0.1, -0.05) is 42.5 Å². The molecule has 1 N–H and O–H groups in total. The Morgan fingerprint density at radius 1 is 1.20 bits per heavy atom. The van der Waals surface area contributed by atoms with Crippen LogP contribution in [-0.4, -0.2) is 22.4 Å². The lowest BCUT2D eigenvalue weighted by Gasteiger charge is -2.19. The summed E-state index contributed by atoms with van der Waals surface area (Å²) in [5.74, 6) is 1.38. The van der Waals surface area contributed by atoms with Crippen molar-refractivity contribution in [2.45, 2.75) is 25.3 Å². The summed E-state index contributed by atoms with van der Waals surface area (Å²) in [7, 11) is 1.66. The lowest BCUT2D eigenvalue weighted by atomic mass is 10.0. The van der Waals surface area contributed by atoms with Crippen LogP contribution in [0.25, 0.3) is 16.2 Å². The summed E-state index contributed by atoms with van der Waals surface area (Å²) in [6.07, 6.45) is 4.67. The van der Waals surface area contributed by atoms with Gasteiger partial charge in [-0.2, -0.15) is 0 Å². The van der Waals surface area contributed by atoms with Gasteiger partial charge in [0.2, 0.25) is 5.91 Å². The summed E-state index contributed by atoms with van der Waals surface area (Å²) in [5.41, 5.74) is 4.11. The number of nitrogens with zero attached hydrogens (tertiary/aromatic N) is 2. The third-order valence-corrected chi connectivity index (χ3v) is 6.47. The van der Waals surface area contributed by atoms with E-state index in [9.17, 15) is 4.79 Å². The van der Waals surface area contributed by atoms with Gasteiger partial charge in [0.15, 0.2) is 4.96 Å². The molecule has 1 aliphatic carbocycles. The monoisotopic (exact) mass is 417 g/mol. The molecule has 5 nitrogen and oxygen atoms in total. The number of thiazole rings is 1. The lowest BCUT2D eigenvalue weighted by Crippen LogP contribution is -2.31. The maximum absolute atomic E-state index is 12.9. The summed E-state index contributed by atoms with van der Waals surface area (Å²) in [5, 5.41) is 5.29. The van der Waals surface area contributed by atoms with Crippen molar-refractivity contribution in [1.29, 1.82) is 0 Å². The van der Waals surface area contributed by atoms with Crippen LogP contribution in [0.15, 0.2) is 66.2 Å². The smallest absolute Gasteiger partial charge is 0.226 e. The van der Waals surface area contributed by atoms with Gasteiger partial charge >= 0.3 is 0 Å². The molecule has 1 fully saturated rings. The molecular formula is C24H23N3O2S. The summed E-state index contributed by atoms with van der Waals surface area (Å²) in [6, 6.07) is 18.2. The molecule has 1 amide bonds. The van der Waals surface area contributed by atoms with Crippen molar-refractivity contribution in [3.05, 3.63) is 77.4 Å². The second kappa shape index (κ2) is 7.95. The third-order valence-electron chi connectivity index (χ3n) is 5.58. The van der Waals surface area contributed by atoms with Gasteiger partial charge in [-0.3, -0.25) is 9.20 Å². The van der Waals surface area contributed by atoms with E-state index in [1.165, 1.54) is 0 Å². The summed E-state index contributed by atoms with van der Waals surface area (Å²) in [6.45, 7) is 0. The zero-order chi connectivity index (χ0) is 20.5. The van der Waals surface area contributed by atoms with Crippen LogP contribution in [0.3, 0.4) is 0 Å². The van der Waals surface area contributed by atoms with Gasteiger partial charge in [0.1, 0.15) is 5.75 Å². The fourth-order valence-corrected chi connectivity index (χ4v) is 4.68. The fourth-order valence-electron chi connectivity index (χ4n) is 3.81. The quantitative estimate of drug-likeness (QED) is 0.466. The van der Waals surface area contributed by atoms with E-state index in [4.69, 9.17) is 9.72 Å². The minimum Gasteiger partial charge on any atom is -0.497 e. The van der Waals surface area contributed by atoms with E-state index in [0.717, 1.165) is 46.1 Å². The molecule has 0 radical (unpaired) electrons. The Kier molecular flexibility index (Phi) is 5.01. The van der Waals surface area contributed by atoms with Gasteiger partial charge in [0, 0.05) is 22.8 Å². The van der Waals surface area contributed by atoms with Crippen LogP contribution in [0.4, 0.5) is 0 Å². The largest absolute Gasteiger partial charge is 0.497 e. The number of fused-ring (bicyclic) bond motifs is 1. The molecule has 1 unspecified atom stereocenters. The normalized spacial score (nSPS) is 14.6. The first-order valence-electron chi connectivity index (χ1n) is 10.2. The van der Waals surface area contributed by atoms with Crippen LogP contribution >= 0.6 is 11.3 Å². The van der Waals surface area contributed by atoms with Gasteiger partial charge in [-0.25, -0.2) is 4.98 Å². The lowest BCUT2D eigenvalue weighted by molar-refractivity contribution is -0.121. The number of hydrogen-bond acceptors (Lipinski definition) is 4. The van der Waals surface area contributed by atoms with Crippen LogP contribution < -0.4 is 10.1 Å². The van der Waals surface area contributed by atoms with Crippen molar-refractivity contribution in [3.63, 3.8) is 0 Å². The number of ether oxygens (including phenoxy) is 1. The average molecular weight is 418 g/mol. The summed E-state index contributed by atoms with van der Waals surface area (Å²) < 4.78 is 7.29. The fraction of sp³-hybridized carbons (Fsp3) is 0.250. The molecule has 152 valence electrons. The summed E-state index contributed by atoms with van der Waals surface area (Å²) >= 11 is 1.57. The molecule has 5 rings (SSSR count). The SMILES string of the molecule is COc1ccc(C(NC(=O)Cc2csc3nc(-c4ccccc4)cn23)C2CC2)cc1. The maximum Gasteiger partial charge on any atom is 0.226 e. The molecule has 2 aromatic heterocycles. The third kappa shape index (κ3) is 3.83. The molecule has 0 aliphatic heterocycles. The highest BCUT2D eigenvalue weighted by atomic mass is 32.1. The van der Waals surface area contributed by atoms with Crippen molar-refractivity contribution in [2.24, 2.45) is 5.92 Å². The molecule has 0 spiro atoms. The predicted molar refractivity (Wildman–Crippen MR) is 119 cm³/mol. The maximum atomic E-state index is 12.9. The average Bonchev–Trinajstić information content (AvgIpc) is 3.43. The Labute approximate surface area is 179 Å². The first kappa shape index (κ1) is 18.9. The Bertz CT molecular complexity index is 1160. The van der Waals surface area contributed by atoms with Crippen molar-refractivity contribution < 1.29 is 9.53 Å². The molecule has 2 aromatic carbocycles. The Morgan fingerprint density at radius 2 is 1.97 bits per heavy atom. The van der Waals surface area contributed by atoms with E-state index in [-0.39, 0.29) is 11.9 Å². The highest BCUT2D eigenvalue weighted by Gasteiger charge is 2.33. The van der Waals surface area contributed by atoms with Gasteiger partial charge < -0.3 is 10.1 Å². The number of methoxy groups -OCH3 is 1. The second-order valence-electron chi connectivity index (χ2n) is 7.70. The van der Waals surface area contributed by atoms with Gasteiger partial charge in [-0.15, -0.1) is 11.3 Å². The first-order valence-corrected chi connectivity index (χ1v) is 11.0. The number of rotatable bonds is 7. The van der Waals surface area contributed by atoms with Crippen molar-refractivity contribution in [1.82, 2.24) is 14.7 Å². The van der Waals surface area contributed by atoms with Crippen LogP contribution in [0, 0.1) is 5.92 Å². The zero-order valence-corrected chi connectivity index (χ0v) is 17.6. The molecule has 30 heavy (non-hydrogen) atoms. The molecule has 4 aromatic rings. The Balaban J connectivity index is 1.33. The molecule has 1 aliphatic rings. The number of aromatic nitrogens is 2. The summed E-state index contributed by atoms with van der Waals surface area (Å²) in [4.78, 5) is 18.5. The number of nitrogens with one attached hydrogen (secondary N) is 1. The number of hydrogen-bond donors (Lipinski definition) is 1. The van der Waals surface area contributed by atoms with Gasteiger partial charge in [0.25, 0.3) is 0 Å². The van der Waals surface area contributed by atoms with E-state index in [2.05, 4.69) is 5.32 Å². The van der Waals surface area contributed by atoms with Gasteiger partial charge in [0.05, 0.1) is 25.3 Å². The minimum atomic E-state index is 0.0392. The number of benzene rings is 2. The Hall–Kier alpha value is -3.12. The highest BCUT2D eigenvalue weighted by Crippen LogP contribution is 2.41. The van der Waals surface area contributed by atoms with Crippen molar-refractivity contribution in [3.8, 4) is 17.0 Å². The topological polar surface area (TPSA) is 55.6 Å². The molecule has 0 bridgehead atoms. The number of imidazole rings is 1. The minimum absolute atomic E-state index is 0.0392. The van der Waals surface area contributed by atoms with E-state index >= 15 is 0 Å². The van der Waals surface area contributed by atoms with E-state index in [0.29, 0.717) is 12.3 Å². The standard InChI is InChI=1S/C24H23N3O2S/c1-29-20-11-9-18(10-12-20)23(17-7-8-17)26-22(28)13-19-15-30-24-25-21(14-27(19)24)16-5-3-2-4-6-16/h2-6,9-12,14-15,17,23H,7-8,13H2,1H3,(H,26,28). The van der Waals surface area contributed by atoms with Crippen molar-refractivity contribution in [2.75, 3.05) is 7.11 Å². The van der Waals surface area contributed by atoms with Crippen molar-refractivity contribution >= 4 is 22.2 Å². The molecular weight excluding hydrogens is 394 g/mol. The van der Waals surface area contributed by atoms with E-state index < -0.39 is 0 Å². The molecule has 6 heteroatoms. The molecule has 0 saturated heterocycles. The van der Waals surface area contributed by atoms with Crippen LogP contribution in [0.5, 0.6) is 5.75 Å². The molecule has 1 atom stereocenters. The van der Waals surface area contributed by atoms with Crippen LogP contribution in [-0.2, 0) is 11.2 Å². The van der Waals surface area contributed by atoms with Gasteiger partial charge in [-0.05, 0) is 36.5 Å². The number of carbonyl (C=O) groups is 1. The van der Waals surface area contributed by atoms with Crippen LogP contribution in [0.1, 0.15) is 30.1 Å².